The molecule has 15 aromatic carbocycles. The number of benzene rings is 15. The summed E-state index contributed by atoms with van der Waals surface area (Å²) in [5.41, 5.74) is 24.4. The highest BCUT2D eigenvalue weighted by molar-refractivity contribution is 7.34. The Labute approximate surface area is 534 Å². The molecule has 0 saturated carbocycles. The van der Waals surface area contributed by atoms with Gasteiger partial charge in [0.05, 0.1) is 17.1 Å². The monoisotopic (exact) mass is 1170 g/mol. The lowest BCUT2D eigenvalue weighted by Gasteiger charge is -2.44. The van der Waals surface area contributed by atoms with Crippen LogP contribution in [-0.2, 0) is 0 Å². The van der Waals surface area contributed by atoms with E-state index in [4.69, 9.17) is 0 Å². The predicted octanol–water partition coefficient (Wildman–Crippen LogP) is 22.2. The largest absolute Gasteiger partial charge is 0.311 e. The summed E-state index contributed by atoms with van der Waals surface area (Å²) in [6.07, 6.45) is 0. The maximum atomic E-state index is 2.66. The summed E-state index contributed by atoms with van der Waals surface area (Å²) in [7, 11) is 0. The van der Waals surface area contributed by atoms with Gasteiger partial charge in [0, 0.05) is 60.1 Å². The van der Waals surface area contributed by atoms with E-state index in [1.54, 1.807) is 0 Å². The fraction of sp³-hybridized carbons (Fsp3) is 0. The Morgan fingerprint density at radius 2 is 0.736 bits per heavy atom. The first kappa shape index (κ1) is 52.6. The van der Waals surface area contributed by atoms with Crippen LogP contribution in [0.1, 0.15) is 0 Å². The molecule has 91 heavy (non-hydrogen) atoms. The minimum atomic E-state index is -0.149. The minimum Gasteiger partial charge on any atom is -0.311 e. The van der Waals surface area contributed by atoms with Crippen LogP contribution in [0.5, 0.6) is 0 Å². The van der Waals surface area contributed by atoms with Gasteiger partial charge >= 0.3 is 0 Å². The number of anilines is 9. The summed E-state index contributed by atoms with van der Waals surface area (Å²) in [5, 5.41) is 8.67. The molecule has 0 unspecified atom stereocenters. The second kappa shape index (κ2) is 21.7. The summed E-state index contributed by atoms with van der Waals surface area (Å²) < 4.78 is 2.61. The third-order valence-corrected chi connectivity index (χ3v) is 20.1. The Morgan fingerprint density at radius 3 is 1.33 bits per heavy atom. The molecule has 5 heteroatoms. The average Bonchev–Trinajstić information content (AvgIpc) is 1.68. The van der Waals surface area contributed by atoms with Crippen molar-refractivity contribution in [2.45, 2.75) is 0 Å². The van der Waals surface area contributed by atoms with Crippen molar-refractivity contribution in [2.75, 3.05) is 14.7 Å². The van der Waals surface area contributed by atoms with E-state index in [0.29, 0.717) is 0 Å². The highest BCUT2D eigenvalue weighted by Gasteiger charge is 2.46. The van der Waals surface area contributed by atoms with Gasteiger partial charge in [0.1, 0.15) is 0 Å². The highest BCUT2D eigenvalue weighted by Crippen LogP contribution is 2.54. The van der Waals surface area contributed by atoms with Crippen LogP contribution in [0, 0.1) is 0 Å². The van der Waals surface area contributed by atoms with E-state index in [1.807, 2.05) is 11.3 Å². The van der Waals surface area contributed by atoms with Crippen LogP contribution in [0.15, 0.2) is 340 Å². The summed E-state index contributed by atoms with van der Waals surface area (Å²) in [5.74, 6) is 0. The molecule has 16 aromatic rings. The second-order valence-electron chi connectivity index (χ2n) is 23.8. The zero-order valence-electron chi connectivity index (χ0n) is 49.7. The first-order valence-corrected chi connectivity index (χ1v) is 32.2. The Bertz CT molecular complexity index is 5400. The number of hydrogen-bond donors (Lipinski definition) is 0. The average molecular weight is 1170 g/mol. The van der Waals surface area contributed by atoms with Gasteiger partial charge in [-0.1, -0.05) is 273 Å². The standard InChI is InChI=1S/C86H56BN3S/c1-6-27-57(28-7-1)67-40-22-24-47-76(67)89-78-56-66(88(64-36-12-4-13-37-64)65-38-14-5-15-39-65)50-52-75(78)87-83-79(89)54-63(61-34-26-35-62(53-61)82-72-45-20-18-43-70(72)81(60-32-10-3-11-33-60)71-44-19-21-46-73(71)82)55-80(83)90(77-48-25-23-41-68(77)58-29-8-2-9-30-58)84-74-51-49-59-31-16-17-42-69(59)85(74)91-86(84)87/h1-56H. The van der Waals surface area contributed by atoms with Crippen molar-refractivity contribution in [3.8, 4) is 55.6 Å². The van der Waals surface area contributed by atoms with Gasteiger partial charge in [-0.15, -0.1) is 11.3 Å². The smallest absolute Gasteiger partial charge is 0.264 e. The van der Waals surface area contributed by atoms with Gasteiger partial charge in [-0.3, -0.25) is 0 Å². The van der Waals surface area contributed by atoms with E-state index in [0.717, 1.165) is 67.8 Å². The van der Waals surface area contributed by atoms with E-state index in [9.17, 15) is 0 Å². The van der Waals surface area contributed by atoms with E-state index in [2.05, 4.69) is 354 Å². The van der Waals surface area contributed by atoms with Crippen molar-refractivity contribution in [1.82, 2.24) is 0 Å². The molecule has 0 spiro atoms. The van der Waals surface area contributed by atoms with Crippen molar-refractivity contribution >= 4 is 127 Å². The quantitative estimate of drug-likeness (QED) is 0.0998. The number of para-hydroxylation sites is 4. The van der Waals surface area contributed by atoms with Gasteiger partial charge in [0.15, 0.2) is 0 Å². The third-order valence-electron chi connectivity index (χ3n) is 18.8. The number of fused-ring (bicyclic) bond motifs is 10. The molecule has 2 aliphatic rings. The van der Waals surface area contributed by atoms with Crippen LogP contribution in [0.25, 0.3) is 98.0 Å². The molecule has 0 atom stereocenters. The number of hydrogen-bond acceptors (Lipinski definition) is 4. The lowest BCUT2D eigenvalue weighted by Crippen LogP contribution is -2.60. The van der Waals surface area contributed by atoms with Gasteiger partial charge in [-0.2, -0.15) is 0 Å². The van der Waals surface area contributed by atoms with Crippen LogP contribution in [0.2, 0.25) is 0 Å². The van der Waals surface area contributed by atoms with Crippen molar-refractivity contribution in [1.29, 1.82) is 0 Å². The van der Waals surface area contributed by atoms with Gasteiger partial charge < -0.3 is 14.7 Å². The molecule has 0 N–H and O–H groups in total. The third kappa shape index (κ3) is 8.57. The Morgan fingerprint density at radius 1 is 0.275 bits per heavy atom. The first-order chi connectivity index (χ1) is 45.2. The molecule has 0 aliphatic carbocycles. The summed E-state index contributed by atoms with van der Waals surface area (Å²) in [6, 6.07) is 126. The van der Waals surface area contributed by atoms with Crippen molar-refractivity contribution in [3.63, 3.8) is 0 Å². The van der Waals surface area contributed by atoms with Gasteiger partial charge in [-0.25, -0.2) is 0 Å². The molecule has 0 saturated heterocycles. The molecular formula is C86H56BN3S. The molecule has 2 aliphatic heterocycles. The van der Waals surface area contributed by atoms with E-state index in [-0.39, 0.29) is 6.71 Å². The Kier molecular flexibility index (Phi) is 12.5. The molecule has 424 valence electrons. The fourth-order valence-corrected chi connectivity index (χ4v) is 16.3. The fourth-order valence-electron chi connectivity index (χ4n) is 14.9. The zero-order valence-corrected chi connectivity index (χ0v) is 50.5. The molecular weight excluding hydrogens is 1120 g/mol. The molecule has 0 fully saturated rings. The second-order valence-corrected chi connectivity index (χ2v) is 24.9. The van der Waals surface area contributed by atoms with E-state index >= 15 is 0 Å². The van der Waals surface area contributed by atoms with Gasteiger partial charge in [0.2, 0.25) is 0 Å². The van der Waals surface area contributed by atoms with Crippen molar-refractivity contribution in [2.24, 2.45) is 0 Å². The minimum absolute atomic E-state index is 0.149. The van der Waals surface area contributed by atoms with Gasteiger partial charge in [-0.05, 0) is 154 Å². The summed E-state index contributed by atoms with van der Waals surface area (Å²) in [4.78, 5) is 7.69. The highest BCUT2D eigenvalue weighted by atomic mass is 32.1. The van der Waals surface area contributed by atoms with Crippen LogP contribution in [0.3, 0.4) is 0 Å². The van der Waals surface area contributed by atoms with Crippen LogP contribution in [0.4, 0.5) is 51.2 Å². The predicted molar refractivity (Wildman–Crippen MR) is 390 cm³/mol. The van der Waals surface area contributed by atoms with Crippen LogP contribution in [-0.4, -0.2) is 6.71 Å². The maximum Gasteiger partial charge on any atom is 0.264 e. The van der Waals surface area contributed by atoms with Gasteiger partial charge in [0.25, 0.3) is 6.71 Å². The van der Waals surface area contributed by atoms with E-state index in [1.165, 1.54) is 97.2 Å². The Hall–Kier alpha value is -11.5. The molecule has 18 rings (SSSR count). The molecule has 0 amide bonds. The molecule has 1 aromatic heterocycles. The van der Waals surface area contributed by atoms with Crippen molar-refractivity contribution in [3.05, 3.63) is 340 Å². The SMILES string of the molecule is c1ccc(-c2ccccc2N2c3cc(N(c4ccccc4)c4ccccc4)ccc3B3c4sc5c(ccc6ccccc65)c4N(c4ccccc4-c4ccccc4)c4cc(-c5cccc(-c6c7ccccc7c(-c7ccccc7)c7ccccc67)c5)cc2c43)cc1. The molecule has 3 nitrogen and oxygen atoms in total. The van der Waals surface area contributed by atoms with Crippen LogP contribution >= 0.6 is 11.3 Å². The van der Waals surface area contributed by atoms with E-state index < -0.39 is 0 Å². The lowest BCUT2D eigenvalue weighted by molar-refractivity contribution is 1.24. The van der Waals surface area contributed by atoms with Crippen molar-refractivity contribution < 1.29 is 0 Å². The zero-order chi connectivity index (χ0) is 59.9. The number of thiophene rings is 1. The molecule has 0 radical (unpaired) electrons. The maximum absolute atomic E-state index is 2.66. The normalized spacial score (nSPS) is 12.3. The summed E-state index contributed by atoms with van der Waals surface area (Å²) >= 11 is 1.96. The number of rotatable bonds is 10. The molecule has 0 bridgehead atoms. The first-order valence-electron chi connectivity index (χ1n) is 31.4. The number of nitrogens with zero attached hydrogens (tertiary/aromatic N) is 3. The Balaban J connectivity index is 0.968. The summed E-state index contributed by atoms with van der Waals surface area (Å²) in [6.45, 7) is -0.149. The van der Waals surface area contributed by atoms with Crippen LogP contribution < -0.4 is 30.4 Å². The molecule has 3 heterocycles. The lowest BCUT2D eigenvalue weighted by atomic mass is 9.36. The topological polar surface area (TPSA) is 9.72 Å².